The van der Waals surface area contributed by atoms with Gasteiger partial charge in [-0.3, -0.25) is 9.69 Å². The summed E-state index contributed by atoms with van der Waals surface area (Å²) in [7, 11) is -3.53. The lowest BCUT2D eigenvalue weighted by molar-refractivity contribution is 0.180. The van der Waals surface area contributed by atoms with Crippen LogP contribution in [0.15, 0.2) is 44.7 Å². The second-order valence-corrected chi connectivity index (χ2v) is 12.7. The van der Waals surface area contributed by atoms with Gasteiger partial charge in [-0.1, -0.05) is 29.0 Å². The third-order valence-corrected chi connectivity index (χ3v) is 10.4. The van der Waals surface area contributed by atoms with Crippen molar-refractivity contribution in [2.75, 3.05) is 26.2 Å². The molecule has 0 spiro atoms. The fourth-order valence-corrected chi connectivity index (χ4v) is 8.13. The first-order chi connectivity index (χ1) is 14.9. The van der Waals surface area contributed by atoms with Crippen molar-refractivity contribution >= 4 is 60.6 Å². The summed E-state index contributed by atoms with van der Waals surface area (Å²) in [5.74, 6) is 0. The molecule has 0 unspecified atom stereocenters. The van der Waals surface area contributed by atoms with Gasteiger partial charge in [-0.05, 0) is 23.6 Å². The number of piperazine rings is 1. The van der Waals surface area contributed by atoms with Gasteiger partial charge in [0.2, 0.25) is 4.96 Å². The Labute approximate surface area is 195 Å². The topological polar surface area (TPSA) is 87.9 Å². The molecule has 4 aromatic rings. The molecule has 0 bridgehead atoms. The number of sulfonamides is 1. The minimum Gasteiger partial charge on any atom is -0.295 e. The molecule has 1 aliphatic heterocycles. The minimum atomic E-state index is -3.53. The molecule has 1 saturated heterocycles. The quantitative estimate of drug-likeness (QED) is 0.407. The van der Waals surface area contributed by atoms with E-state index in [1.54, 1.807) is 23.5 Å². The maximum absolute atomic E-state index is 12.8. The van der Waals surface area contributed by atoms with Crippen LogP contribution in [-0.4, -0.2) is 58.4 Å². The van der Waals surface area contributed by atoms with Crippen molar-refractivity contribution in [1.82, 2.24) is 23.8 Å². The minimum absolute atomic E-state index is 0.213. The lowest BCUT2D eigenvalue weighted by atomic mass is 10.3. The Morgan fingerprint density at radius 2 is 1.90 bits per heavy atom. The molecule has 0 aliphatic carbocycles. The standard InChI is InChI=1S/C18H16ClN5O3S4/c19-14-3-4-16(29-14)31(26,27)23-7-5-22(6-8-23)11-12-10-15(25)24-18(20-12)30-17(21-24)13-2-1-9-28-13/h1-4,9-10H,5-8,11H2. The number of thiophene rings is 2. The average Bonchev–Trinajstić information content (AvgIpc) is 3.49. The third-order valence-electron chi connectivity index (χ3n) is 4.89. The van der Waals surface area contributed by atoms with E-state index < -0.39 is 10.0 Å². The monoisotopic (exact) mass is 513 g/mol. The van der Waals surface area contributed by atoms with E-state index in [9.17, 15) is 13.2 Å². The Balaban J connectivity index is 1.29. The highest BCUT2D eigenvalue weighted by Crippen LogP contribution is 2.29. The average molecular weight is 514 g/mol. The fourth-order valence-electron chi connectivity index (χ4n) is 3.36. The molecule has 0 radical (unpaired) electrons. The van der Waals surface area contributed by atoms with E-state index in [-0.39, 0.29) is 9.77 Å². The maximum Gasteiger partial charge on any atom is 0.275 e. The van der Waals surface area contributed by atoms with Crippen LogP contribution in [0.5, 0.6) is 0 Å². The molecule has 162 valence electrons. The third kappa shape index (κ3) is 4.21. The number of hydrogen-bond donors (Lipinski definition) is 0. The highest BCUT2D eigenvalue weighted by molar-refractivity contribution is 7.91. The molecule has 4 aromatic heterocycles. The number of fused-ring (bicyclic) bond motifs is 1. The lowest BCUT2D eigenvalue weighted by Crippen LogP contribution is -2.48. The summed E-state index contributed by atoms with van der Waals surface area (Å²) in [6.45, 7) is 2.35. The van der Waals surface area contributed by atoms with E-state index in [0.29, 0.717) is 47.7 Å². The van der Waals surface area contributed by atoms with Crippen molar-refractivity contribution in [3.05, 3.63) is 56.1 Å². The number of hydrogen-bond acceptors (Lipinski definition) is 9. The van der Waals surface area contributed by atoms with Crippen molar-refractivity contribution in [2.24, 2.45) is 0 Å². The van der Waals surface area contributed by atoms with E-state index in [1.807, 2.05) is 17.5 Å². The summed E-state index contributed by atoms with van der Waals surface area (Å²) in [5, 5.41) is 7.12. The normalized spacial score (nSPS) is 16.3. The van der Waals surface area contributed by atoms with E-state index >= 15 is 0 Å². The van der Waals surface area contributed by atoms with Gasteiger partial charge in [-0.15, -0.1) is 22.7 Å². The molecule has 0 atom stereocenters. The first-order valence-electron chi connectivity index (χ1n) is 9.32. The number of halogens is 1. The summed E-state index contributed by atoms with van der Waals surface area (Å²) >= 11 is 9.91. The molecule has 5 rings (SSSR count). The molecule has 0 amide bonds. The van der Waals surface area contributed by atoms with Gasteiger partial charge in [0.15, 0.2) is 5.01 Å². The van der Waals surface area contributed by atoms with Crippen LogP contribution in [0.25, 0.3) is 14.8 Å². The second kappa shape index (κ2) is 8.35. The molecular formula is C18H16ClN5O3S4. The van der Waals surface area contributed by atoms with Crippen LogP contribution in [0.4, 0.5) is 0 Å². The van der Waals surface area contributed by atoms with Crippen LogP contribution in [0, 0.1) is 0 Å². The number of aromatic nitrogens is 3. The summed E-state index contributed by atoms with van der Waals surface area (Å²) in [4.78, 5) is 20.8. The highest BCUT2D eigenvalue weighted by Gasteiger charge is 2.29. The Morgan fingerprint density at radius 1 is 1.10 bits per heavy atom. The van der Waals surface area contributed by atoms with Crippen LogP contribution in [0.3, 0.4) is 0 Å². The van der Waals surface area contributed by atoms with Crippen LogP contribution < -0.4 is 5.56 Å². The Hall–Kier alpha value is -1.67. The van der Waals surface area contributed by atoms with Gasteiger partial charge in [0.25, 0.3) is 15.6 Å². The zero-order valence-electron chi connectivity index (χ0n) is 16.0. The molecule has 5 heterocycles. The fraction of sp³-hybridized carbons (Fsp3) is 0.278. The molecule has 31 heavy (non-hydrogen) atoms. The second-order valence-electron chi connectivity index (χ2n) is 6.90. The number of nitrogens with zero attached hydrogens (tertiary/aromatic N) is 5. The first-order valence-corrected chi connectivity index (χ1v) is 13.6. The molecule has 0 saturated carbocycles. The molecule has 1 aliphatic rings. The van der Waals surface area contributed by atoms with Gasteiger partial charge in [-0.2, -0.15) is 13.9 Å². The highest BCUT2D eigenvalue weighted by atomic mass is 35.5. The van der Waals surface area contributed by atoms with Crippen molar-refractivity contribution in [3.63, 3.8) is 0 Å². The van der Waals surface area contributed by atoms with Crippen LogP contribution in [-0.2, 0) is 16.6 Å². The molecular weight excluding hydrogens is 498 g/mol. The van der Waals surface area contributed by atoms with E-state index in [0.717, 1.165) is 21.2 Å². The summed E-state index contributed by atoms with van der Waals surface area (Å²) in [6, 6.07) is 8.55. The largest absolute Gasteiger partial charge is 0.295 e. The van der Waals surface area contributed by atoms with E-state index in [1.165, 1.54) is 26.2 Å². The molecule has 8 nitrogen and oxygen atoms in total. The smallest absolute Gasteiger partial charge is 0.275 e. The first kappa shape index (κ1) is 21.2. The Kier molecular flexibility index (Phi) is 5.71. The SMILES string of the molecule is O=c1cc(CN2CCN(S(=O)(=O)c3ccc(Cl)s3)CC2)nc2sc(-c3cccs3)nn12. The van der Waals surface area contributed by atoms with Gasteiger partial charge in [-0.25, -0.2) is 13.4 Å². The zero-order chi connectivity index (χ0) is 21.6. The van der Waals surface area contributed by atoms with Crippen molar-refractivity contribution in [2.45, 2.75) is 10.8 Å². The van der Waals surface area contributed by atoms with Crippen molar-refractivity contribution < 1.29 is 8.42 Å². The predicted octanol–water partition coefficient (Wildman–Crippen LogP) is 3.10. The van der Waals surface area contributed by atoms with Gasteiger partial charge in [0.05, 0.1) is 14.9 Å². The summed E-state index contributed by atoms with van der Waals surface area (Å²) < 4.78 is 29.0. The Bertz CT molecular complexity index is 1390. The van der Waals surface area contributed by atoms with Crippen molar-refractivity contribution in [3.8, 4) is 9.88 Å². The lowest BCUT2D eigenvalue weighted by Gasteiger charge is -2.33. The summed E-state index contributed by atoms with van der Waals surface area (Å²) in [6.07, 6.45) is 0. The van der Waals surface area contributed by atoms with Gasteiger partial charge in [0, 0.05) is 38.8 Å². The molecule has 0 aromatic carbocycles. The molecule has 1 fully saturated rings. The molecule has 13 heteroatoms. The number of rotatable bonds is 5. The van der Waals surface area contributed by atoms with Crippen LogP contribution in [0.1, 0.15) is 5.69 Å². The van der Waals surface area contributed by atoms with Gasteiger partial charge < -0.3 is 0 Å². The van der Waals surface area contributed by atoms with E-state index in [2.05, 4.69) is 15.0 Å². The summed E-state index contributed by atoms with van der Waals surface area (Å²) in [5.41, 5.74) is 0.447. The van der Waals surface area contributed by atoms with Crippen molar-refractivity contribution in [1.29, 1.82) is 0 Å². The van der Waals surface area contributed by atoms with E-state index in [4.69, 9.17) is 11.6 Å². The molecule has 0 N–H and O–H groups in total. The predicted molar refractivity (Wildman–Crippen MR) is 124 cm³/mol. The van der Waals surface area contributed by atoms with Gasteiger partial charge in [0.1, 0.15) is 4.21 Å². The van der Waals surface area contributed by atoms with Crippen LogP contribution >= 0.6 is 45.6 Å². The van der Waals surface area contributed by atoms with Gasteiger partial charge >= 0.3 is 0 Å². The maximum atomic E-state index is 12.8. The zero-order valence-corrected chi connectivity index (χ0v) is 20.0. The Morgan fingerprint density at radius 3 is 2.58 bits per heavy atom. The van der Waals surface area contributed by atoms with Crippen LogP contribution in [0.2, 0.25) is 4.34 Å².